The van der Waals surface area contributed by atoms with E-state index in [1.54, 1.807) is 24.3 Å². The fourth-order valence-electron chi connectivity index (χ4n) is 4.87. The van der Waals surface area contributed by atoms with Crippen LogP contribution in [0.1, 0.15) is 13.8 Å². The molecule has 3 aromatic rings. The minimum absolute atomic E-state index is 0.0220. The largest absolute Gasteiger partial charge is 0.424 e. The Morgan fingerprint density at radius 2 is 0.980 bits per heavy atom. The van der Waals surface area contributed by atoms with Crippen LogP contribution in [-0.2, 0) is 28.8 Å². The number of fused-ring (bicyclic) bond motifs is 2. The number of thioether (sulfide) groups is 4. The molecule has 4 amide bonds. The predicted molar refractivity (Wildman–Crippen MR) is 183 cm³/mol. The number of carbonyl (C=O) groups excluding carboxylic acids is 6. The maximum atomic E-state index is 13.7. The summed E-state index contributed by atoms with van der Waals surface area (Å²) in [7, 11) is 0. The van der Waals surface area contributed by atoms with E-state index in [1.165, 1.54) is 38.4 Å². The number of carbonyl (C=O) groups is 6. The number of aromatic nitrogens is 2. The molecule has 50 heavy (non-hydrogen) atoms. The number of hydrazone groups is 2. The third-order valence-corrected chi connectivity index (χ3v) is 12.0. The fraction of sp³-hybridized carbons (Fsp3) is 0.0667. The van der Waals surface area contributed by atoms with Crippen molar-refractivity contribution < 1.29 is 38.2 Å². The Kier molecular flexibility index (Phi) is 8.46. The van der Waals surface area contributed by atoms with Crippen molar-refractivity contribution in [2.24, 2.45) is 21.7 Å². The van der Waals surface area contributed by atoms with Crippen LogP contribution in [-0.4, -0.2) is 57.0 Å². The summed E-state index contributed by atoms with van der Waals surface area (Å²) in [6.07, 6.45) is 2.90. The van der Waals surface area contributed by atoms with Crippen LogP contribution < -0.4 is 31.0 Å². The van der Waals surface area contributed by atoms with Crippen LogP contribution in [0.5, 0.6) is 11.5 Å². The first-order valence-electron chi connectivity index (χ1n) is 14.0. The lowest BCUT2D eigenvalue weighted by atomic mass is 10.2. The minimum atomic E-state index is -0.977. The zero-order valence-corrected chi connectivity index (χ0v) is 28.6. The van der Waals surface area contributed by atoms with Gasteiger partial charge in [0.1, 0.15) is 0 Å². The smallest absolute Gasteiger partial charge is 0.308 e. The molecule has 0 unspecified atom stereocenters. The van der Waals surface area contributed by atoms with Gasteiger partial charge in [0.25, 0.3) is 23.6 Å². The average molecular weight is 747 g/mol. The second-order valence-electron chi connectivity index (χ2n) is 10.1. The predicted octanol–water partition coefficient (Wildman–Crippen LogP) is 2.92. The van der Waals surface area contributed by atoms with Gasteiger partial charge in [0, 0.05) is 26.2 Å². The first-order valence-corrected chi connectivity index (χ1v) is 17.3. The highest BCUT2D eigenvalue weighted by molar-refractivity contribution is 8.26. The molecule has 4 aliphatic rings. The van der Waals surface area contributed by atoms with Crippen molar-refractivity contribution in [1.29, 1.82) is 0 Å². The number of anilines is 2. The third-order valence-electron chi connectivity index (χ3n) is 6.80. The van der Waals surface area contributed by atoms with Crippen molar-refractivity contribution in [3.05, 3.63) is 68.4 Å². The van der Waals surface area contributed by atoms with Crippen LogP contribution in [0.25, 0.3) is 0 Å². The molecule has 0 aliphatic carbocycles. The molecule has 20 heteroatoms. The molecule has 0 spiro atoms. The molecule has 0 radical (unpaired) electrons. The van der Waals surface area contributed by atoms with Crippen LogP contribution in [0.2, 0.25) is 0 Å². The zero-order chi connectivity index (χ0) is 35.4. The van der Waals surface area contributed by atoms with Crippen molar-refractivity contribution >= 4 is 106 Å². The summed E-state index contributed by atoms with van der Waals surface area (Å²) < 4.78 is 11.9. The minimum Gasteiger partial charge on any atom is -0.424 e. The van der Waals surface area contributed by atoms with Crippen molar-refractivity contribution in [3.63, 3.8) is 0 Å². The lowest BCUT2D eigenvalue weighted by Crippen LogP contribution is -2.26. The van der Waals surface area contributed by atoms with E-state index in [0.29, 0.717) is 0 Å². The van der Waals surface area contributed by atoms with Gasteiger partial charge >= 0.3 is 11.9 Å². The monoisotopic (exact) mass is 746 g/mol. The van der Waals surface area contributed by atoms with Crippen LogP contribution in [0, 0.1) is 0 Å². The SMILES string of the molecule is CC(=O)Oc1c2c(c(OC(C)=O)c3c1SC(=C1C(=O)N(c4ccccn4)N=C1C(N)=O)S3)SC(=C1C(=O)N(c3ccccn3)N=C1C(N)=O)S2. The van der Waals surface area contributed by atoms with Gasteiger partial charge in [-0.15, -0.1) is 0 Å². The van der Waals surface area contributed by atoms with Gasteiger partial charge in [0.15, 0.2) is 34.6 Å². The third kappa shape index (κ3) is 5.60. The van der Waals surface area contributed by atoms with Crippen LogP contribution in [0.15, 0.2) is 98.2 Å². The molecule has 250 valence electrons. The van der Waals surface area contributed by atoms with Crippen molar-refractivity contribution in [2.75, 3.05) is 10.0 Å². The van der Waals surface area contributed by atoms with Gasteiger partial charge in [-0.05, 0) is 24.3 Å². The number of hydrogen-bond donors (Lipinski definition) is 2. The lowest BCUT2D eigenvalue weighted by Gasteiger charge is -2.15. The number of rotatable bonds is 6. The summed E-state index contributed by atoms with van der Waals surface area (Å²) >= 11 is 3.86. The van der Waals surface area contributed by atoms with Gasteiger partial charge in [-0.1, -0.05) is 59.2 Å². The average Bonchev–Trinajstić information content (AvgIpc) is 3.86. The van der Waals surface area contributed by atoms with Crippen LogP contribution in [0.4, 0.5) is 11.6 Å². The topological polar surface area (TPSA) is 230 Å². The molecular formula is C30H18N8O8S4. The Balaban J connectivity index is 1.37. The standard InChI is InChI=1S/C30H18N8O8S4/c1-11(39)45-19-21-23(49-29(47-21)15-17(25(31)41)35-37(27(15)43)13-7-3-5-9-33-13)20(46-12(2)40)24-22(19)48-30(50-24)16-18(26(32)42)36-38(28(16)44)14-8-4-6-10-34-14/h3-10H,1-2H3,(H2,31,41)(H2,32,42). The fourth-order valence-corrected chi connectivity index (χ4v) is 10.4. The second-order valence-corrected chi connectivity index (χ2v) is 14.7. The van der Waals surface area contributed by atoms with E-state index in [4.69, 9.17) is 20.9 Å². The molecule has 1 aromatic carbocycles. The van der Waals surface area contributed by atoms with E-state index in [-0.39, 0.29) is 73.8 Å². The van der Waals surface area contributed by atoms with E-state index in [2.05, 4.69) is 20.2 Å². The summed E-state index contributed by atoms with van der Waals surface area (Å²) in [4.78, 5) is 86.9. The van der Waals surface area contributed by atoms with Gasteiger partial charge < -0.3 is 20.9 Å². The summed E-state index contributed by atoms with van der Waals surface area (Å²) in [5.41, 5.74) is 10.4. The first kappa shape index (κ1) is 33.1. The number of ether oxygens (including phenoxy) is 2. The van der Waals surface area contributed by atoms with E-state index < -0.39 is 35.6 Å². The molecule has 0 atom stereocenters. The van der Waals surface area contributed by atoms with Gasteiger partial charge in [-0.25, -0.2) is 9.97 Å². The van der Waals surface area contributed by atoms with Crippen molar-refractivity contribution in [1.82, 2.24) is 9.97 Å². The Bertz CT molecular complexity index is 2040. The highest BCUT2D eigenvalue weighted by Gasteiger charge is 2.46. The number of nitrogens with two attached hydrogens (primary N) is 2. The van der Waals surface area contributed by atoms with Crippen molar-refractivity contribution in [3.8, 4) is 11.5 Å². The molecule has 16 nitrogen and oxygen atoms in total. The quantitative estimate of drug-likeness (QED) is 0.210. The maximum absolute atomic E-state index is 13.7. The van der Waals surface area contributed by atoms with Crippen LogP contribution in [0.3, 0.4) is 0 Å². The number of hydrogen-bond acceptors (Lipinski definition) is 16. The molecule has 0 bridgehead atoms. The highest BCUT2D eigenvalue weighted by atomic mass is 32.2. The number of primary amides is 2. The van der Waals surface area contributed by atoms with E-state index in [9.17, 15) is 28.8 Å². The van der Waals surface area contributed by atoms with E-state index >= 15 is 0 Å². The molecule has 0 saturated heterocycles. The van der Waals surface area contributed by atoms with Gasteiger partial charge in [-0.2, -0.15) is 20.2 Å². The van der Waals surface area contributed by atoms with Crippen molar-refractivity contribution in [2.45, 2.75) is 33.4 Å². The molecule has 7 rings (SSSR count). The Labute approximate surface area is 297 Å². The number of esters is 2. The number of pyridine rings is 2. The van der Waals surface area contributed by atoms with E-state index in [1.807, 2.05) is 0 Å². The molecule has 2 aromatic heterocycles. The van der Waals surface area contributed by atoms with Gasteiger partial charge in [0.05, 0.1) is 39.2 Å². The normalized spacial score (nSPS) is 16.4. The molecular weight excluding hydrogens is 729 g/mol. The molecule has 4 aliphatic heterocycles. The summed E-state index contributed by atoms with van der Waals surface area (Å²) in [6, 6.07) is 9.62. The van der Waals surface area contributed by atoms with Crippen LogP contribution >= 0.6 is 47.0 Å². The Morgan fingerprint density at radius 3 is 1.26 bits per heavy atom. The maximum Gasteiger partial charge on any atom is 0.308 e. The molecule has 0 saturated carbocycles. The van der Waals surface area contributed by atoms with Gasteiger partial charge in [-0.3, -0.25) is 28.8 Å². The first-order chi connectivity index (χ1) is 23.9. The summed E-state index contributed by atoms with van der Waals surface area (Å²) in [5.74, 6) is -4.41. The molecule has 6 heterocycles. The summed E-state index contributed by atoms with van der Waals surface area (Å²) in [6.45, 7) is 2.37. The Hall–Kier alpha value is -5.44. The Morgan fingerprint density at radius 1 is 0.620 bits per heavy atom. The second kappa shape index (κ2) is 12.8. The number of amides is 4. The number of benzene rings is 1. The lowest BCUT2D eigenvalue weighted by molar-refractivity contribution is -0.133. The molecule has 0 fully saturated rings. The molecule has 4 N–H and O–H groups in total. The highest BCUT2D eigenvalue weighted by Crippen LogP contribution is 2.68. The van der Waals surface area contributed by atoms with E-state index in [0.717, 1.165) is 57.1 Å². The number of nitrogens with zero attached hydrogens (tertiary/aromatic N) is 6. The summed E-state index contributed by atoms with van der Waals surface area (Å²) in [5, 5.41) is 10.2. The van der Waals surface area contributed by atoms with Gasteiger partial charge in [0.2, 0.25) is 0 Å². The zero-order valence-electron chi connectivity index (χ0n) is 25.4.